The van der Waals surface area contributed by atoms with Crippen LogP contribution in [0.2, 0.25) is 0 Å². The monoisotopic (exact) mass is 417 g/mol. The fourth-order valence-electron chi connectivity index (χ4n) is 3.13. The molecule has 2 aromatic heterocycles. The van der Waals surface area contributed by atoms with E-state index in [1.165, 1.54) is 6.92 Å². The number of furan rings is 1. The number of aromatic nitrogens is 1. The SMILES string of the molecule is CC(=O)c1c(-c2ccco2)cc(C2=CCC=CS2)nc1OCc1ccc(C=O)cc1. The number of rotatable bonds is 7. The van der Waals surface area contributed by atoms with E-state index in [2.05, 4.69) is 17.1 Å². The molecule has 0 atom stereocenters. The maximum absolute atomic E-state index is 12.5. The van der Waals surface area contributed by atoms with Gasteiger partial charge in [-0.1, -0.05) is 48.2 Å². The smallest absolute Gasteiger partial charge is 0.226 e. The average molecular weight is 417 g/mol. The Morgan fingerprint density at radius 2 is 2.10 bits per heavy atom. The number of thioether (sulfide) groups is 1. The lowest BCUT2D eigenvalue weighted by molar-refractivity contribution is 0.101. The number of ether oxygens (including phenoxy) is 1. The number of hydrogen-bond donors (Lipinski definition) is 0. The van der Waals surface area contributed by atoms with Gasteiger partial charge in [0.2, 0.25) is 5.88 Å². The fraction of sp³-hybridized carbons (Fsp3) is 0.125. The molecule has 6 heteroatoms. The van der Waals surface area contributed by atoms with Crippen LogP contribution in [0, 0.1) is 0 Å². The van der Waals surface area contributed by atoms with Crippen molar-refractivity contribution < 1.29 is 18.7 Å². The lowest BCUT2D eigenvalue weighted by Crippen LogP contribution is -2.08. The van der Waals surface area contributed by atoms with Gasteiger partial charge in [-0.15, -0.1) is 0 Å². The Hall–Kier alpha value is -3.38. The Kier molecular flexibility index (Phi) is 5.95. The third-order valence-corrected chi connectivity index (χ3v) is 5.56. The van der Waals surface area contributed by atoms with Crippen molar-refractivity contribution in [3.05, 3.63) is 88.7 Å². The third kappa shape index (κ3) is 4.28. The quantitative estimate of drug-likeness (QED) is 0.351. The molecule has 3 aromatic rings. The maximum atomic E-state index is 12.5. The van der Waals surface area contributed by atoms with E-state index in [1.807, 2.05) is 29.7 Å². The molecule has 0 saturated carbocycles. The molecule has 1 aliphatic rings. The summed E-state index contributed by atoms with van der Waals surface area (Å²) in [5, 5.41) is 2.03. The van der Waals surface area contributed by atoms with Crippen LogP contribution in [0.25, 0.3) is 16.2 Å². The van der Waals surface area contributed by atoms with E-state index >= 15 is 0 Å². The molecule has 0 unspecified atom stereocenters. The Balaban J connectivity index is 1.75. The number of carbonyl (C=O) groups is 2. The number of hydrogen-bond acceptors (Lipinski definition) is 6. The molecule has 1 aliphatic heterocycles. The third-order valence-electron chi connectivity index (χ3n) is 4.60. The zero-order valence-corrected chi connectivity index (χ0v) is 17.1. The molecule has 0 amide bonds. The van der Waals surface area contributed by atoms with Gasteiger partial charge in [-0.3, -0.25) is 9.59 Å². The lowest BCUT2D eigenvalue weighted by atomic mass is 10.0. The van der Waals surface area contributed by atoms with Crippen molar-refractivity contribution in [1.82, 2.24) is 4.98 Å². The summed E-state index contributed by atoms with van der Waals surface area (Å²) in [4.78, 5) is 29.1. The number of Topliss-reactive ketones (excluding diaryl/α,β-unsaturated/α-hetero) is 1. The molecular weight excluding hydrogens is 398 g/mol. The van der Waals surface area contributed by atoms with Gasteiger partial charge in [0.05, 0.1) is 17.5 Å². The summed E-state index contributed by atoms with van der Waals surface area (Å²) in [6.45, 7) is 1.71. The molecule has 30 heavy (non-hydrogen) atoms. The van der Waals surface area contributed by atoms with Gasteiger partial charge in [0.1, 0.15) is 18.7 Å². The van der Waals surface area contributed by atoms with Gasteiger partial charge in [-0.25, -0.2) is 4.98 Å². The van der Waals surface area contributed by atoms with E-state index < -0.39 is 0 Å². The second kappa shape index (κ2) is 8.97. The molecule has 1 aromatic carbocycles. The highest BCUT2D eigenvalue weighted by molar-refractivity contribution is 8.10. The van der Waals surface area contributed by atoms with Crippen molar-refractivity contribution in [1.29, 1.82) is 0 Å². The summed E-state index contributed by atoms with van der Waals surface area (Å²) in [7, 11) is 0. The molecule has 150 valence electrons. The van der Waals surface area contributed by atoms with Gasteiger partial charge in [-0.2, -0.15) is 0 Å². The van der Waals surface area contributed by atoms with Crippen LogP contribution in [-0.4, -0.2) is 17.1 Å². The summed E-state index contributed by atoms with van der Waals surface area (Å²) in [5.41, 5.74) is 3.23. The summed E-state index contributed by atoms with van der Waals surface area (Å²) in [6, 6.07) is 12.6. The second-order valence-corrected chi connectivity index (χ2v) is 7.66. The lowest BCUT2D eigenvalue weighted by Gasteiger charge is -2.16. The van der Waals surface area contributed by atoms with Crippen molar-refractivity contribution in [3.63, 3.8) is 0 Å². The molecule has 0 N–H and O–H groups in total. The number of pyridine rings is 1. The van der Waals surface area contributed by atoms with Gasteiger partial charge in [0, 0.05) is 16.0 Å². The first-order valence-electron chi connectivity index (χ1n) is 9.44. The molecule has 5 nitrogen and oxygen atoms in total. The van der Waals surface area contributed by atoms with Crippen LogP contribution >= 0.6 is 11.8 Å². The Morgan fingerprint density at radius 3 is 2.73 bits per heavy atom. The van der Waals surface area contributed by atoms with Crippen LogP contribution in [0.4, 0.5) is 0 Å². The van der Waals surface area contributed by atoms with E-state index in [-0.39, 0.29) is 18.3 Å². The van der Waals surface area contributed by atoms with E-state index in [4.69, 9.17) is 9.15 Å². The Bertz CT molecular complexity index is 1130. The number of nitrogens with zero attached hydrogens (tertiary/aromatic N) is 1. The largest absolute Gasteiger partial charge is 0.472 e. The van der Waals surface area contributed by atoms with Crippen molar-refractivity contribution in [2.24, 2.45) is 0 Å². The highest BCUT2D eigenvalue weighted by atomic mass is 32.2. The molecular formula is C24H19NO4S. The number of benzene rings is 1. The van der Waals surface area contributed by atoms with Crippen molar-refractivity contribution in [3.8, 4) is 17.2 Å². The number of aldehydes is 1. The summed E-state index contributed by atoms with van der Waals surface area (Å²) in [5.74, 6) is 0.694. The Morgan fingerprint density at radius 1 is 1.27 bits per heavy atom. The van der Waals surface area contributed by atoms with Gasteiger partial charge in [0.25, 0.3) is 0 Å². The van der Waals surface area contributed by atoms with Gasteiger partial charge >= 0.3 is 0 Å². The van der Waals surface area contributed by atoms with E-state index in [1.54, 1.807) is 36.2 Å². The van der Waals surface area contributed by atoms with Crippen molar-refractivity contribution in [2.45, 2.75) is 20.0 Å². The predicted molar refractivity (Wildman–Crippen MR) is 117 cm³/mol. The number of allylic oxidation sites excluding steroid dienone is 2. The number of carbonyl (C=O) groups excluding carboxylic acids is 2. The van der Waals surface area contributed by atoms with Crippen LogP contribution in [0.1, 0.15) is 45.3 Å². The fourth-order valence-corrected chi connectivity index (χ4v) is 3.90. The molecule has 0 bridgehead atoms. The van der Waals surface area contributed by atoms with E-state index in [9.17, 15) is 9.59 Å². The molecule has 0 aliphatic carbocycles. The van der Waals surface area contributed by atoms with Crippen molar-refractivity contribution in [2.75, 3.05) is 0 Å². The first-order valence-corrected chi connectivity index (χ1v) is 10.3. The Labute approximate surface area is 178 Å². The highest BCUT2D eigenvalue weighted by Crippen LogP contribution is 2.38. The zero-order chi connectivity index (χ0) is 20.9. The van der Waals surface area contributed by atoms with Crippen LogP contribution in [0.5, 0.6) is 5.88 Å². The molecule has 3 heterocycles. The topological polar surface area (TPSA) is 69.4 Å². The summed E-state index contributed by atoms with van der Waals surface area (Å²) < 4.78 is 11.6. The van der Waals surface area contributed by atoms with Gasteiger partial charge in [-0.05, 0) is 42.5 Å². The predicted octanol–water partition coefficient (Wildman–Crippen LogP) is 5.93. The molecule has 0 radical (unpaired) electrons. The standard InChI is InChI=1S/C24H19NO4S/c1-16(27)23-19(21-5-4-11-28-21)13-20(22-6-2-3-12-30-22)25-24(23)29-15-18-9-7-17(14-26)8-10-18/h3-14H,2,15H2,1H3. The first kappa shape index (κ1) is 19.9. The van der Waals surface area contributed by atoms with E-state index in [0.717, 1.165) is 28.9 Å². The molecule has 0 saturated heterocycles. The second-order valence-electron chi connectivity index (χ2n) is 6.71. The van der Waals surface area contributed by atoms with Crippen LogP contribution in [0.15, 0.2) is 70.7 Å². The van der Waals surface area contributed by atoms with E-state index in [0.29, 0.717) is 22.5 Å². The highest BCUT2D eigenvalue weighted by Gasteiger charge is 2.22. The van der Waals surface area contributed by atoms with Crippen LogP contribution < -0.4 is 4.74 Å². The van der Waals surface area contributed by atoms with Crippen LogP contribution in [-0.2, 0) is 6.61 Å². The minimum atomic E-state index is -0.156. The molecule has 0 fully saturated rings. The molecule has 4 rings (SSSR count). The normalized spacial score (nSPS) is 13.0. The average Bonchev–Trinajstić information content (AvgIpc) is 3.33. The number of ketones is 1. The van der Waals surface area contributed by atoms with Crippen molar-refractivity contribution >= 4 is 28.7 Å². The van der Waals surface area contributed by atoms with Gasteiger partial charge < -0.3 is 9.15 Å². The summed E-state index contributed by atoms with van der Waals surface area (Å²) in [6.07, 6.45) is 7.36. The first-order chi connectivity index (χ1) is 14.7. The summed E-state index contributed by atoms with van der Waals surface area (Å²) >= 11 is 1.58. The minimum Gasteiger partial charge on any atom is -0.472 e. The minimum absolute atomic E-state index is 0.156. The zero-order valence-electron chi connectivity index (χ0n) is 16.3. The van der Waals surface area contributed by atoms with Gasteiger partial charge in [0.15, 0.2) is 5.78 Å². The van der Waals surface area contributed by atoms with Crippen LogP contribution in [0.3, 0.4) is 0 Å². The molecule has 0 spiro atoms. The maximum Gasteiger partial charge on any atom is 0.226 e.